The summed E-state index contributed by atoms with van der Waals surface area (Å²) in [4.78, 5) is 40.5. The highest BCUT2D eigenvalue weighted by molar-refractivity contribution is 7.16. The van der Waals surface area contributed by atoms with Crippen molar-refractivity contribution < 1.29 is 9.59 Å². The van der Waals surface area contributed by atoms with Gasteiger partial charge in [0.05, 0.1) is 22.4 Å². The molecule has 0 saturated carbocycles. The second-order valence-corrected chi connectivity index (χ2v) is 6.86. The molecule has 2 N–H and O–H groups in total. The fourth-order valence-electron chi connectivity index (χ4n) is 2.39. The average Bonchev–Trinajstić information content (AvgIpc) is 3.06. The lowest BCUT2D eigenvalue weighted by Gasteiger charge is -2.10. The van der Waals surface area contributed by atoms with Crippen molar-refractivity contribution in [1.82, 2.24) is 9.55 Å². The Kier molecular flexibility index (Phi) is 5.34. The van der Waals surface area contributed by atoms with E-state index in [0.717, 1.165) is 0 Å². The molecular formula is C17H15ClN4O3S. The molecule has 2 amide bonds. The third kappa shape index (κ3) is 4.09. The summed E-state index contributed by atoms with van der Waals surface area (Å²) in [5, 5.41) is 8.05. The fourth-order valence-corrected chi connectivity index (χ4v) is 3.27. The third-order valence-electron chi connectivity index (χ3n) is 3.59. The number of thiophene rings is 1. The number of fused-ring (bicyclic) bond motifs is 1. The van der Waals surface area contributed by atoms with E-state index in [-0.39, 0.29) is 30.3 Å². The summed E-state index contributed by atoms with van der Waals surface area (Å²) in [6, 6.07) is 6.52. The van der Waals surface area contributed by atoms with E-state index in [1.807, 2.05) is 5.38 Å². The molecule has 0 aliphatic rings. The smallest absolute Gasteiger partial charge is 0.262 e. The zero-order valence-electron chi connectivity index (χ0n) is 13.8. The maximum atomic E-state index is 12.3. The van der Waals surface area contributed by atoms with Crippen LogP contribution in [-0.4, -0.2) is 21.4 Å². The maximum Gasteiger partial charge on any atom is 0.262 e. The molecule has 7 nitrogen and oxygen atoms in total. The summed E-state index contributed by atoms with van der Waals surface area (Å²) in [6.45, 7) is 1.59. The average molecular weight is 391 g/mol. The van der Waals surface area contributed by atoms with Crippen molar-refractivity contribution in [1.29, 1.82) is 0 Å². The van der Waals surface area contributed by atoms with Gasteiger partial charge in [-0.25, -0.2) is 4.98 Å². The van der Waals surface area contributed by atoms with Gasteiger partial charge in [0.2, 0.25) is 11.8 Å². The number of aryl methyl sites for hydroxylation is 1. The van der Waals surface area contributed by atoms with Crippen molar-refractivity contribution in [3.8, 4) is 0 Å². The highest BCUT2D eigenvalue weighted by Crippen LogP contribution is 2.25. The first-order valence-corrected chi connectivity index (χ1v) is 8.99. The first kappa shape index (κ1) is 18.1. The Morgan fingerprint density at radius 1 is 1.27 bits per heavy atom. The standard InChI is InChI=1S/C17H15ClN4O3S/c1-10(23)20-14-8-11(2-3-13(14)18)21-15(24)4-6-22-9-19-16-12(17(22)25)5-7-26-16/h2-3,5,7-9H,4,6H2,1H3,(H,20,23)(H,21,24). The van der Waals surface area contributed by atoms with Gasteiger partial charge >= 0.3 is 0 Å². The van der Waals surface area contributed by atoms with Gasteiger partial charge in [-0.2, -0.15) is 0 Å². The lowest BCUT2D eigenvalue weighted by molar-refractivity contribution is -0.116. The second kappa shape index (κ2) is 7.67. The van der Waals surface area contributed by atoms with Crippen LogP contribution in [0.4, 0.5) is 11.4 Å². The number of aromatic nitrogens is 2. The van der Waals surface area contributed by atoms with Crippen LogP contribution in [-0.2, 0) is 16.1 Å². The molecule has 0 bridgehead atoms. The number of anilines is 2. The molecule has 0 saturated heterocycles. The minimum absolute atomic E-state index is 0.106. The van der Waals surface area contributed by atoms with Gasteiger partial charge in [-0.05, 0) is 29.6 Å². The lowest BCUT2D eigenvalue weighted by Crippen LogP contribution is -2.23. The molecule has 2 aromatic heterocycles. The topological polar surface area (TPSA) is 93.1 Å². The Morgan fingerprint density at radius 3 is 2.85 bits per heavy atom. The molecule has 0 fully saturated rings. The van der Waals surface area contributed by atoms with Crippen LogP contribution in [0.15, 0.2) is 40.8 Å². The molecule has 0 unspecified atom stereocenters. The van der Waals surface area contributed by atoms with Gasteiger partial charge < -0.3 is 10.6 Å². The zero-order valence-corrected chi connectivity index (χ0v) is 15.4. The fraction of sp³-hybridized carbons (Fsp3) is 0.176. The highest BCUT2D eigenvalue weighted by atomic mass is 35.5. The molecule has 134 valence electrons. The Balaban J connectivity index is 1.66. The summed E-state index contributed by atoms with van der Waals surface area (Å²) >= 11 is 7.40. The molecule has 0 aliphatic carbocycles. The third-order valence-corrected chi connectivity index (χ3v) is 4.74. The van der Waals surface area contributed by atoms with E-state index >= 15 is 0 Å². The Bertz CT molecular complexity index is 1040. The first-order chi connectivity index (χ1) is 12.4. The molecule has 0 spiro atoms. The van der Waals surface area contributed by atoms with E-state index in [4.69, 9.17) is 11.6 Å². The van der Waals surface area contributed by atoms with E-state index in [2.05, 4.69) is 15.6 Å². The number of amides is 2. The van der Waals surface area contributed by atoms with Gasteiger partial charge in [-0.15, -0.1) is 11.3 Å². The predicted molar refractivity (Wildman–Crippen MR) is 103 cm³/mol. The monoisotopic (exact) mass is 390 g/mol. The molecule has 1 aromatic carbocycles. The normalized spacial score (nSPS) is 10.7. The van der Waals surface area contributed by atoms with Gasteiger partial charge in [0.1, 0.15) is 4.83 Å². The zero-order chi connectivity index (χ0) is 18.7. The molecule has 2 heterocycles. The summed E-state index contributed by atoms with van der Waals surface area (Å²) in [6.07, 6.45) is 1.56. The predicted octanol–water partition coefficient (Wildman–Crippen LogP) is 3.10. The number of benzene rings is 1. The molecule has 0 atom stereocenters. The minimum Gasteiger partial charge on any atom is -0.326 e. The summed E-state index contributed by atoms with van der Waals surface area (Å²) in [7, 11) is 0. The molecule has 0 radical (unpaired) electrons. The van der Waals surface area contributed by atoms with Crippen LogP contribution in [0, 0.1) is 0 Å². The van der Waals surface area contributed by atoms with Crippen LogP contribution >= 0.6 is 22.9 Å². The number of halogens is 1. The summed E-state index contributed by atoms with van der Waals surface area (Å²) in [5.41, 5.74) is 0.755. The number of rotatable bonds is 5. The van der Waals surface area contributed by atoms with Gasteiger partial charge in [0.15, 0.2) is 0 Å². The largest absolute Gasteiger partial charge is 0.326 e. The van der Waals surface area contributed by atoms with Crippen molar-refractivity contribution in [2.75, 3.05) is 10.6 Å². The van der Waals surface area contributed by atoms with Crippen LogP contribution < -0.4 is 16.2 Å². The van der Waals surface area contributed by atoms with Crippen molar-refractivity contribution in [3.63, 3.8) is 0 Å². The van der Waals surface area contributed by atoms with E-state index in [0.29, 0.717) is 26.6 Å². The molecule has 0 aliphatic heterocycles. The van der Waals surface area contributed by atoms with E-state index < -0.39 is 0 Å². The van der Waals surface area contributed by atoms with Crippen LogP contribution in [0.2, 0.25) is 5.02 Å². The number of carbonyl (C=O) groups is 2. The van der Waals surface area contributed by atoms with Crippen LogP contribution in [0.25, 0.3) is 10.2 Å². The SMILES string of the molecule is CC(=O)Nc1cc(NC(=O)CCn2cnc3sccc3c2=O)ccc1Cl. The van der Waals surface area contributed by atoms with Gasteiger partial charge in [0.25, 0.3) is 5.56 Å². The lowest BCUT2D eigenvalue weighted by atomic mass is 10.2. The van der Waals surface area contributed by atoms with E-state index in [1.165, 1.54) is 29.2 Å². The highest BCUT2D eigenvalue weighted by Gasteiger charge is 2.09. The van der Waals surface area contributed by atoms with Crippen molar-refractivity contribution in [2.24, 2.45) is 0 Å². The summed E-state index contributed by atoms with van der Waals surface area (Å²) in [5.74, 6) is -0.524. The molecular weight excluding hydrogens is 376 g/mol. The number of hydrogen-bond donors (Lipinski definition) is 2. The molecule has 3 aromatic rings. The molecule has 9 heteroatoms. The second-order valence-electron chi connectivity index (χ2n) is 5.56. The number of nitrogens with zero attached hydrogens (tertiary/aromatic N) is 2. The first-order valence-electron chi connectivity index (χ1n) is 7.73. The van der Waals surface area contributed by atoms with Gasteiger partial charge in [-0.1, -0.05) is 11.6 Å². The number of hydrogen-bond acceptors (Lipinski definition) is 5. The Morgan fingerprint density at radius 2 is 2.08 bits per heavy atom. The van der Waals surface area contributed by atoms with Gasteiger partial charge in [0, 0.05) is 25.6 Å². The van der Waals surface area contributed by atoms with E-state index in [9.17, 15) is 14.4 Å². The quantitative estimate of drug-likeness (QED) is 0.700. The minimum atomic E-state index is -0.265. The molecule has 26 heavy (non-hydrogen) atoms. The van der Waals surface area contributed by atoms with Crippen LogP contribution in [0.1, 0.15) is 13.3 Å². The van der Waals surface area contributed by atoms with Crippen LogP contribution in [0.5, 0.6) is 0 Å². The Hall–Kier alpha value is -2.71. The van der Waals surface area contributed by atoms with Crippen molar-refractivity contribution >= 4 is 56.3 Å². The molecule has 3 rings (SSSR count). The van der Waals surface area contributed by atoms with E-state index in [1.54, 1.807) is 24.3 Å². The number of carbonyl (C=O) groups excluding carboxylic acids is 2. The summed E-state index contributed by atoms with van der Waals surface area (Å²) < 4.78 is 1.42. The number of nitrogens with one attached hydrogen (secondary N) is 2. The van der Waals surface area contributed by atoms with Crippen molar-refractivity contribution in [2.45, 2.75) is 19.9 Å². The Labute approximate surface area is 157 Å². The maximum absolute atomic E-state index is 12.3. The van der Waals surface area contributed by atoms with Crippen molar-refractivity contribution in [3.05, 3.63) is 51.3 Å². The van der Waals surface area contributed by atoms with Gasteiger partial charge in [-0.3, -0.25) is 19.0 Å². The van der Waals surface area contributed by atoms with Crippen LogP contribution in [0.3, 0.4) is 0 Å².